The van der Waals surface area contributed by atoms with Gasteiger partial charge in [-0.2, -0.15) is 5.26 Å². The molecule has 0 saturated carbocycles. The molecular formula is C19H21N5O. The van der Waals surface area contributed by atoms with E-state index < -0.39 is 0 Å². The second kappa shape index (κ2) is 7.75. The largest absolute Gasteiger partial charge is 0.355 e. The quantitative estimate of drug-likeness (QED) is 0.926. The van der Waals surface area contributed by atoms with Crippen LogP contribution in [0.1, 0.15) is 29.7 Å². The molecule has 128 valence electrons. The van der Waals surface area contributed by atoms with Gasteiger partial charge in [0.2, 0.25) is 5.91 Å². The SMILES string of the molecule is Cc1ccc(CNC(=O)C2CCN(c3cnc(C#N)cn3)CC2)cc1. The van der Waals surface area contributed by atoms with E-state index in [0.717, 1.165) is 37.3 Å². The zero-order chi connectivity index (χ0) is 17.6. The number of benzene rings is 1. The highest BCUT2D eigenvalue weighted by Gasteiger charge is 2.25. The lowest BCUT2D eigenvalue weighted by Gasteiger charge is -2.31. The number of nitrogens with one attached hydrogen (secondary N) is 1. The number of nitrogens with zero attached hydrogens (tertiary/aromatic N) is 4. The second-order valence-electron chi connectivity index (χ2n) is 6.34. The van der Waals surface area contributed by atoms with E-state index in [1.165, 1.54) is 11.8 Å². The van der Waals surface area contributed by atoms with Gasteiger partial charge >= 0.3 is 0 Å². The fraction of sp³-hybridized carbons (Fsp3) is 0.368. The number of anilines is 1. The summed E-state index contributed by atoms with van der Waals surface area (Å²) in [7, 11) is 0. The average molecular weight is 335 g/mol. The number of amides is 1. The molecule has 0 bridgehead atoms. The Balaban J connectivity index is 1.48. The summed E-state index contributed by atoms with van der Waals surface area (Å²) >= 11 is 0. The molecule has 0 radical (unpaired) electrons. The van der Waals surface area contributed by atoms with Crippen molar-refractivity contribution in [2.75, 3.05) is 18.0 Å². The van der Waals surface area contributed by atoms with Crippen molar-refractivity contribution in [3.05, 3.63) is 53.5 Å². The van der Waals surface area contributed by atoms with Gasteiger partial charge in [-0.25, -0.2) is 9.97 Å². The zero-order valence-electron chi connectivity index (χ0n) is 14.3. The lowest BCUT2D eigenvalue weighted by atomic mass is 9.96. The van der Waals surface area contributed by atoms with Crippen molar-refractivity contribution in [1.82, 2.24) is 15.3 Å². The molecule has 2 heterocycles. The standard InChI is InChI=1S/C19H21N5O/c1-14-2-4-15(5-3-14)11-23-19(25)16-6-8-24(9-7-16)18-13-21-17(10-20)12-22-18/h2-5,12-13,16H,6-9,11H2,1H3,(H,23,25). The van der Waals surface area contributed by atoms with Crippen LogP contribution in [0.2, 0.25) is 0 Å². The lowest BCUT2D eigenvalue weighted by Crippen LogP contribution is -2.40. The number of hydrogen-bond donors (Lipinski definition) is 1. The number of hydrogen-bond acceptors (Lipinski definition) is 5. The number of piperidine rings is 1. The maximum atomic E-state index is 12.4. The molecule has 1 amide bonds. The van der Waals surface area contributed by atoms with Gasteiger partial charge in [-0.1, -0.05) is 29.8 Å². The lowest BCUT2D eigenvalue weighted by molar-refractivity contribution is -0.125. The van der Waals surface area contributed by atoms with Gasteiger partial charge in [0, 0.05) is 25.6 Å². The molecule has 25 heavy (non-hydrogen) atoms. The van der Waals surface area contributed by atoms with Gasteiger partial charge in [-0.15, -0.1) is 0 Å². The fourth-order valence-electron chi connectivity index (χ4n) is 2.95. The molecular weight excluding hydrogens is 314 g/mol. The minimum absolute atomic E-state index is 0.0352. The van der Waals surface area contributed by atoms with Crippen LogP contribution in [-0.2, 0) is 11.3 Å². The van der Waals surface area contributed by atoms with Crippen LogP contribution < -0.4 is 10.2 Å². The summed E-state index contributed by atoms with van der Waals surface area (Å²) in [6.45, 7) is 4.15. The van der Waals surface area contributed by atoms with E-state index in [-0.39, 0.29) is 11.8 Å². The Hall–Kier alpha value is -2.94. The molecule has 1 aliphatic rings. The molecule has 6 nitrogen and oxygen atoms in total. The Bertz CT molecular complexity index is 756. The molecule has 0 atom stereocenters. The summed E-state index contributed by atoms with van der Waals surface area (Å²) in [4.78, 5) is 22.8. The summed E-state index contributed by atoms with van der Waals surface area (Å²) in [5.41, 5.74) is 2.65. The maximum absolute atomic E-state index is 12.4. The molecule has 1 aromatic heterocycles. The van der Waals surface area contributed by atoms with E-state index in [1.807, 2.05) is 25.1 Å². The summed E-state index contributed by atoms with van der Waals surface area (Å²) in [5.74, 6) is 0.914. The Morgan fingerprint density at radius 1 is 1.24 bits per heavy atom. The Labute approximate surface area is 147 Å². The summed E-state index contributed by atoms with van der Waals surface area (Å²) in [6.07, 6.45) is 4.69. The molecule has 3 rings (SSSR count). The average Bonchev–Trinajstić information content (AvgIpc) is 2.67. The van der Waals surface area contributed by atoms with Gasteiger partial charge in [0.1, 0.15) is 11.9 Å². The third-order valence-corrected chi connectivity index (χ3v) is 4.53. The molecule has 0 aliphatic carbocycles. The van der Waals surface area contributed by atoms with Crippen molar-refractivity contribution in [2.45, 2.75) is 26.3 Å². The molecule has 2 aromatic rings. The number of aryl methyl sites for hydroxylation is 1. The molecule has 1 saturated heterocycles. The van der Waals surface area contributed by atoms with Crippen LogP contribution in [0.15, 0.2) is 36.7 Å². The van der Waals surface area contributed by atoms with Crippen LogP contribution in [0, 0.1) is 24.2 Å². The Kier molecular flexibility index (Phi) is 5.24. The monoisotopic (exact) mass is 335 g/mol. The topological polar surface area (TPSA) is 81.9 Å². The number of carbonyl (C=O) groups excluding carboxylic acids is 1. The first-order chi connectivity index (χ1) is 12.2. The van der Waals surface area contributed by atoms with Gasteiger partial charge in [-0.3, -0.25) is 4.79 Å². The molecule has 1 fully saturated rings. The molecule has 0 unspecified atom stereocenters. The first kappa shape index (κ1) is 16.9. The first-order valence-electron chi connectivity index (χ1n) is 8.46. The third kappa shape index (κ3) is 4.32. The van der Waals surface area contributed by atoms with Gasteiger partial charge in [0.25, 0.3) is 0 Å². The van der Waals surface area contributed by atoms with E-state index in [1.54, 1.807) is 6.20 Å². The molecule has 0 spiro atoms. The second-order valence-corrected chi connectivity index (χ2v) is 6.34. The summed E-state index contributed by atoms with van der Waals surface area (Å²) < 4.78 is 0. The van der Waals surface area contributed by atoms with Crippen LogP contribution in [0.25, 0.3) is 0 Å². The van der Waals surface area contributed by atoms with E-state index in [4.69, 9.17) is 5.26 Å². The first-order valence-corrected chi connectivity index (χ1v) is 8.46. The Morgan fingerprint density at radius 3 is 2.56 bits per heavy atom. The van der Waals surface area contributed by atoms with Crippen LogP contribution in [-0.4, -0.2) is 29.0 Å². The molecule has 1 aromatic carbocycles. The normalized spacial score (nSPS) is 14.8. The molecule has 1 aliphatic heterocycles. The molecule has 6 heteroatoms. The minimum atomic E-state index is 0.0352. The predicted molar refractivity (Wildman–Crippen MR) is 94.7 cm³/mol. The highest BCUT2D eigenvalue weighted by atomic mass is 16.1. The highest BCUT2D eigenvalue weighted by Crippen LogP contribution is 2.21. The number of aromatic nitrogens is 2. The van der Waals surface area contributed by atoms with E-state index >= 15 is 0 Å². The highest BCUT2D eigenvalue weighted by molar-refractivity contribution is 5.79. The van der Waals surface area contributed by atoms with Crippen molar-refractivity contribution in [3.63, 3.8) is 0 Å². The van der Waals surface area contributed by atoms with Crippen molar-refractivity contribution in [3.8, 4) is 6.07 Å². The van der Waals surface area contributed by atoms with Crippen LogP contribution in [0.4, 0.5) is 5.82 Å². The number of nitriles is 1. The van der Waals surface area contributed by atoms with Crippen molar-refractivity contribution >= 4 is 11.7 Å². The van der Waals surface area contributed by atoms with E-state index in [2.05, 4.69) is 32.3 Å². The minimum Gasteiger partial charge on any atom is -0.355 e. The zero-order valence-corrected chi connectivity index (χ0v) is 14.3. The van der Waals surface area contributed by atoms with Crippen molar-refractivity contribution < 1.29 is 4.79 Å². The third-order valence-electron chi connectivity index (χ3n) is 4.53. The fourth-order valence-corrected chi connectivity index (χ4v) is 2.95. The number of carbonyl (C=O) groups is 1. The van der Waals surface area contributed by atoms with Crippen LogP contribution in [0.5, 0.6) is 0 Å². The van der Waals surface area contributed by atoms with Gasteiger partial charge in [-0.05, 0) is 25.3 Å². The summed E-state index contributed by atoms with van der Waals surface area (Å²) in [5, 5.41) is 11.8. The van der Waals surface area contributed by atoms with Gasteiger partial charge in [0.05, 0.1) is 12.4 Å². The van der Waals surface area contributed by atoms with E-state index in [9.17, 15) is 4.79 Å². The van der Waals surface area contributed by atoms with Gasteiger partial charge < -0.3 is 10.2 Å². The van der Waals surface area contributed by atoms with Crippen molar-refractivity contribution in [2.24, 2.45) is 5.92 Å². The van der Waals surface area contributed by atoms with Crippen molar-refractivity contribution in [1.29, 1.82) is 5.26 Å². The Morgan fingerprint density at radius 2 is 1.96 bits per heavy atom. The number of rotatable bonds is 4. The maximum Gasteiger partial charge on any atom is 0.223 e. The van der Waals surface area contributed by atoms with E-state index in [0.29, 0.717) is 12.2 Å². The van der Waals surface area contributed by atoms with Crippen LogP contribution in [0.3, 0.4) is 0 Å². The summed E-state index contributed by atoms with van der Waals surface area (Å²) in [6, 6.07) is 10.2. The van der Waals surface area contributed by atoms with Crippen LogP contribution >= 0.6 is 0 Å². The van der Waals surface area contributed by atoms with Gasteiger partial charge in [0.15, 0.2) is 5.69 Å². The molecule has 1 N–H and O–H groups in total. The predicted octanol–water partition coefficient (Wildman–Crippen LogP) is 2.19. The smallest absolute Gasteiger partial charge is 0.223 e.